The lowest BCUT2D eigenvalue weighted by molar-refractivity contribution is 0.110. The fourth-order valence-electron chi connectivity index (χ4n) is 2.39. The molecule has 1 aromatic rings. The van der Waals surface area contributed by atoms with Gasteiger partial charge in [-0.2, -0.15) is 0 Å². The highest BCUT2D eigenvalue weighted by Gasteiger charge is 2.30. The molecule has 114 valence electrons. The van der Waals surface area contributed by atoms with Crippen LogP contribution in [-0.4, -0.2) is 24.8 Å². The lowest BCUT2D eigenvalue weighted by atomic mass is 10.0. The number of rotatable bonds is 1. The first-order valence-electron chi connectivity index (χ1n) is 6.55. The maximum atomic E-state index is 13.9. The summed E-state index contributed by atoms with van der Waals surface area (Å²) in [7, 11) is 2.54. The van der Waals surface area contributed by atoms with Crippen LogP contribution in [0.3, 0.4) is 0 Å². The van der Waals surface area contributed by atoms with E-state index in [0.717, 1.165) is 17.7 Å². The lowest BCUT2D eigenvalue weighted by Gasteiger charge is -2.16. The van der Waals surface area contributed by atoms with Crippen LogP contribution in [0.2, 0.25) is 0 Å². The molecule has 1 aliphatic carbocycles. The summed E-state index contributed by atoms with van der Waals surface area (Å²) in [5, 5.41) is 10.0. The maximum Gasteiger partial charge on any atom is 0.186 e. The monoisotopic (exact) mass is 301 g/mol. The normalized spacial score (nSPS) is 16.5. The average molecular weight is 301 g/mol. The zero-order valence-corrected chi connectivity index (χ0v) is 11.7. The molecule has 0 atom stereocenters. The van der Waals surface area contributed by atoms with Crippen LogP contribution in [0.4, 0.5) is 23.2 Å². The van der Waals surface area contributed by atoms with Crippen molar-refractivity contribution in [1.29, 1.82) is 0 Å². The summed E-state index contributed by atoms with van der Waals surface area (Å²) in [5.74, 6) is -1.70. The van der Waals surface area contributed by atoms with Crippen molar-refractivity contribution < 1.29 is 22.7 Å². The van der Waals surface area contributed by atoms with Gasteiger partial charge in [-0.15, -0.1) is 0 Å². The average Bonchev–Trinajstić information content (AvgIpc) is 2.83. The molecule has 6 heteroatoms. The molecule has 0 aliphatic heterocycles. The van der Waals surface area contributed by atoms with Gasteiger partial charge in [0.1, 0.15) is 16.9 Å². The molecule has 1 saturated carbocycles. The summed E-state index contributed by atoms with van der Waals surface area (Å²) in [6.45, 7) is 0. The van der Waals surface area contributed by atoms with E-state index in [9.17, 15) is 22.7 Å². The number of aliphatic hydroxyl groups is 1. The summed E-state index contributed by atoms with van der Waals surface area (Å²) < 4.78 is 55.3. The van der Waals surface area contributed by atoms with E-state index in [-0.39, 0.29) is 0 Å². The third-order valence-electron chi connectivity index (χ3n) is 3.54. The molecule has 0 saturated heterocycles. The van der Waals surface area contributed by atoms with Gasteiger partial charge < -0.3 is 10.0 Å². The Hall–Kier alpha value is -1.74. The van der Waals surface area contributed by atoms with E-state index in [0.29, 0.717) is 12.8 Å². The third-order valence-corrected chi connectivity index (χ3v) is 3.54. The van der Waals surface area contributed by atoms with Gasteiger partial charge in [0.15, 0.2) is 23.3 Å². The van der Waals surface area contributed by atoms with Crippen LogP contribution in [-0.2, 0) is 0 Å². The predicted molar refractivity (Wildman–Crippen MR) is 70.9 cm³/mol. The molecular weight excluding hydrogens is 286 g/mol. The van der Waals surface area contributed by atoms with E-state index >= 15 is 0 Å². The first-order valence-corrected chi connectivity index (χ1v) is 6.55. The van der Waals surface area contributed by atoms with Crippen LogP contribution < -0.4 is 4.90 Å². The van der Waals surface area contributed by atoms with Crippen molar-refractivity contribution in [2.24, 2.45) is 0 Å². The Morgan fingerprint density at radius 1 is 0.952 bits per heavy atom. The highest BCUT2D eigenvalue weighted by Crippen LogP contribution is 2.31. The van der Waals surface area contributed by atoms with Gasteiger partial charge in [0.2, 0.25) is 0 Å². The second kappa shape index (κ2) is 5.57. The first-order chi connectivity index (χ1) is 9.77. The second-order valence-electron chi connectivity index (χ2n) is 5.36. The summed E-state index contributed by atoms with van der Waals surface area (Å²) >= 11 is 0. The quantitative estimate of drug-likeness (QED) is 0.490. The van der Waals surface area contributed by atoms with Gasteiger partial charge in [0.05, 0.1) is 0 Å². The largest absolute Gasteiger partial charge is 0.378 e. The van der Waals surface area contributed by atoms with Crippen LogP contribution in [0, 0.1) is 35.1 Å². The van der Waals surface area contributed by atoms with Crippen LogP contribution >= 0.6 is 0 Å². The number of benzene rings is 1. The molecule has 0 unspecified atom stereocenters. The third kappa shape index (κ3) is 2.84. The molecule has 1 aliphatic rings. The fourth-order valence-corrected chi connectivity index (χ4v) is 2.39. The van der Waals surface area contributed by atoms with Crippen molar-refractivity contribution in [3.05, 3.63) is 28.8 Å². The van der Waals surface area contributed by atoms with Crippen molar-refractivity contribution >= 4 is 5.69 Å². The lowest BCUT2D eigenvalue weighted by Crippen LogP contribution is -2.21. The minimum Gasteiger partial charge on any atom is -0.378 e. The Kier molecular flexibility index (Phi) is 4.15. The molecule has 1 N–H and O–H groups in total. The highest BCUT2D eigenvalue weighted by atomic mass is 19.2. The maximum absolute atomic E-state index is 13.9. The van der Waals surface area contributed by atoms with E-state index in [1.54, 1.807) is 0 Å². The molecule has 1 fully saturated rings. The van der Waals surface area contributed by atoms with E-state index < -0.39 is 40.1 Å². The number of hydrogen-bond acceptors (Lipinski definition) is 2. The molecule has 0 amide bonds. The number of anilines is 1. The van der Waals surface area contributed by atoms with Crippen molar-refractivity contribution in [2.45, 2.75) is 31.3 Å². The van der Waals surface area contributed by atoms with Gasteiger partial charge in [-0.05, 0) is 25.7 Å². The van der Waals surface area contributed by atoms with Gasteiger partial charge in [0.25, 0.3) is 0 Å². The topological polar surface area (TPSA) is 23.5 Å². The van der Waals surface area contributed by atoms with Crippen molar-refractivity contribution in [3.8, 4) is 11.8 Å². The molecule has 2 nitrogen and oxygen atoms in total. The van der Waals surface area contributed by atoms with Crippen molar-refractivity contribution in [2.75, 3.05) is 19.0 Å². The van der Waals surface area contributed by atoms with Crippen LogP contribution in [0.5, 0.6) is 0 Å². The Balaban J connectivity index is 2.54. The summed E-state index contributed by atoms with van der Waals surface area (Å²) in [6, 6.07) is 0. The highest BCUT2D eigenvalue weighted by molar-refractivity contribution is 5.54. The molecule has 0 aromatic heterocycles. The zero-order chi connectivity index (χ0) is 15.8. The van der Waals surface area contributed by atoms with Gasteiger partial charge in [0, 0.05) is 14.1 Å². The van der Waals surface area contributed by atoms with Crippen LogP contribution in [0.15, 0.2) is 0 Å². The van der Waals surface area contributed by atoms with Crippen molar-refractivity contribution in [1.82, 2.24) is 0 Å². The van der Waals surface area contributed by atoms with E-state index in [1.807, 2.05) is 0 Å². The molecule has 0 bridgehead atoms. The fraction of sp³-hybridized carbons (Fsp3) is 0.467. The van der Waals surface area contributed by atoms with E-state index in [4.69, 9.17) is 0 Å². The second-order valence-corrected chi connectivity index (χ2v) is 5.36. The van der Waals surface area contributed by atoms with Gasteiger partial charge in [-0.3, -0.25) is 0 Å². The van der Waals surface area contributed by atoms with Crippen molar-refractivity contribution in [3.63, 3.8) is 0 Å². The number of hydrogen-bond donors (Lipinski definition) is 1. The summed E-state index contributed by atoms with van der Waals surface area (Å²) in [4.78, 5) is 0.943. The zero-order valence-electron chi connectivity index (χ0n) is 11.7. The smallest absolute Gasteiger partial charge is 0.186 e. The van der Waals surface area contributed by atoms with E-state index in [2.05, 4.69) is 11.8 Å². The minimum atomic E-state index is -1.55. The van der Waals surface area contributed by atoms with Crippen LogP contribution in [0.1, 0.15) is 31.2 Å². The Labute approximate surface area is 120 Å². The predicted octanol–water partition coefficient (Wildman–Crippen LogP) is 2.97. The Morgan fingerprint density at radius 3 is 1.86 bits per heavy atom. The summed E-state index contributed by atoms with van der Waals surface area (Å²) in [5.41, 5.74) is -3.13. The molecule has 1 aromatic carbocycles. The molecular formula is C15H15F4NO. The minimum absolute atomic E-state index is 0.379. The first kappa shape index (κ1) is 15.6. The number of nitrogens with zero attached hydrogens (tertiary/aromatic N) is 1. The van der Waals surface area contributed by atoms with Crippen LogP contribution in [0.25, 0.3) is 0 Å². The number of halogens is 4. The molecule has 21 heavy (non-hydrogen) atoms. The molecule has 0 heterocycles. The van der Waals surface area contributed by atoms with Gasteiger partial charge in [-0.1, -0.05) is 11.8 Å². The van der Waals surface area contributed by atoms with Gasteiger partial charge in [-0.25, -0.2) is 17.6 Å². The Bertz CT molecular complexity index is 596. The standard InChI is InChI=1S/C15H15F4NO/c1-20(2)14-12(18)10(16)9(11(17)13(14)19)5-8-15(21)6-3-4-7-15/h21H,3-4,6-7H2,1-2H3. The molecule has 2 rings (SSSR count). The summed E-state index contributed by atoms with van der Waals surface area (Å²) in [6.07, 6.45) is 2.25. The SMILES string of the molecule is CN(C)c1c(F)c(F)c(C#CC2(O)CCCC2)c(F)c1F. The Morgan fingerprint density at radius 2 is 1.43 bits per heavy atom. The molecule has 0 radical (unpaired) electrons. The van der Waals surface area contributed by atoms with E-state index in [1.165, 1.54) is 14.1 Å². The molecule has 0 spiro atoms. The van der Waals surface area contributed by atoms with Gasteiger partial charge >= 0.3 is 0 Å².